The Morgan fingerprint density at radius 3 is 2.25 bits per heavy atom. The molecule has 20 heavy (non-hydrogen) atoms. The van der Waals surface area contributed by atoms with Crippen LogP contribution >= 0.6 is 0 Å². The first kappa shape index (κ1) is 15.9. The van der Waals surface area contributed by atoms with Crippen molar-refractivity contribution in [3.63, 3.8) is 0 Å². The van der Waals surface area contributed by atoms with Crippen LogP contribution in [0.2, 0.25) is 0 Å². The summed E-state index contributed by atoms with van der Waals surface area (Å²) in [6.45, 7) is 8.58. The molecule has 0 heterocycles. The van der Waals surface area contributed by atoms with Crippen molar-refractivity contribution in [1.82, 2.24) is 5.32 Å². The number of carbonyl (C=O) groups is 1. The van der Waals surface area contributed by atoms with Gasteiger partial charge in [0.15, 0.2) is 0 Å². The lowest BCUT2D eigenvalue weighted by Crippen LogP contribution is -2.46. The molecule has 0 aliphatic heterocycles. The summed E-state index contributed by atoms with van der Waals surface area (Å²) in [4.78, 5) is 24.0. The largest absolute Gasteiger partial charge is 0.362 e. The monoisotopic (exact) mass is 279 g/mol. The molecule has 1 amide bonds. The van der Waals surface area contributed by atoms with Crippen LogP contribution in [0.3, 0.4) is 0 Å². The van der Waals surface area contributed by atoms with Gasteiger partial charge in [-0.05, 0) is 39.8 Å². The Morgan fingerprint density at radius 2 is 1.85 bits per heavy atom. The number of benzene rings is 1. The van der Waals surface area contributed by atoms with E-state index >= 15 is 0 Å². The predicted octanol–water partition coefficient (Wildman–Crippen LogP) is 2.34. The molecule has 0 unspecified atom stereocenters. The van der Waals surface area contributed by atoms with Gasteiger partial charge in [-0.1, -0.05) is 0 Å². The van der Waals surface area contributed by atoms with E-state index in [1.165, 1.54) is 12.1 Å². The standard InChI is InChI=1S/C14H21N3O3/c1-5-16(10-13(18)15-14(2,3)4)11-6-8-12(9-7-11)17(19)20/h6-9H,5,10H2,1-4H3,(H,15,18). The second-order valence-corrected chi connectivity index (χ2v) is 5.59. The van der Waals surface area contributed by atoms with Crippen molar-refractivity contribution in [3.8, 4) is 0 Å². The SMILES string of the molecule is CCN(CC(=O)NC(C)(C)C)c1ccc([N+](=O)[O-])cc1. The normalized spacial score (nSPS) is 11.0. The van der Waals surface area contributed by atoms with E-state index in [2.05, 4.69) is 5.32 Å². The lowest BCUT2D eigenvalue weighted by Gasteiger charge is -2.26. The number of hydrogen-bond acceptors (Lipinski definition) is 4. The average Bonchev–Trinajstić information content (AvgIpc) is 2.34. The van der Waals surface area contributed by atoms with Crippen LogP contribution in [-0.2, 0) is 4.79 Å². The molecule has 0 saturated carbocycles. The Balaban J connectivity index is 2.75. The van der Waals surface area contributed by atoms with Crippen molar-refractivity contribution >= 4 is 17.3 Å². The molecule has 0 aliphatic carbocycles. The van der Waals surface area contributed by atoms with Crippen molar-refractivity contribution in [3.05, 3.63) is 34.4 Å². The maximum absolute atomic E-state index is 11.9. The number of amides is 1. The van der Waals surface area contributed by atoms with E-state index in [1.807, 2.05) is 32.6 Å². The van der Waals surface area contributed by atoms with Gasteiger partial charge in [-0.3, -0.25) is 14.9 Å². The summed E-state index contributed by atoms with van der Waals surface area (Å²) < 4.78 is 0. The third-order valence-electron chi connectivity index (χ3n) is 2.66. The van der Waals surface area contributed by atoms with Gasteiger partial charge in [0.2, 0.25) is 5.91 Å². The number of rotatable bonds is 5. The van der Waals surface area contributed by atoms with Gasteiger partial charge in [-0.25, -0.2) is 0 Å². The summed E-state index contributed by atoms with van der Waals surface area (Å²) in [5.41, 5.74) is 0.567. The molecular formula is C14H21N3O3. The van der Waals surface area contributed by atoms with Gasteiger partial charge in [0.25, 0.3) is 5.69 Å². The van der Waals surface area contributed by atoms with Gasteiger partial charge in [0, 0.05) is 29.9 Å². The first-order chi connectivity index (χ1) is 9.23. The zero-order valence-electron chi connectivity index (χ0n) is 12.3. The molecule has 0 radical (unpaired) electrons. The number of non-ortho nitro benzene ring substituents is 1. The van der Waals surface area contributed by atoms with E-state index in [0.29, 0.717) is 6.54 Å². The van der Waals surface area contributed by atoms with Gasteiger partial charge in [0.1, 0.15) is 0 Å². The number of anilines is 1. The maximum Gasteiger partial charge on any atom is 0.269 e. The summed E-state index contributed by atoms with van der Waals surface area (Å²) in [5.74, 6) is -0.0716. The highest BCUT2D eigenvalue weighted by molar-refractivity contribution is 5.82. The summed E-state index contributed by atoms with van der Waals surface area (Å²) >= 11 is 0. The molecule has 1 rings (SSSR count). The summed E-state index contributed by atoms with van der Waals surface area (Å²) in [6, 6.07) is 6.21. The molecule has 6 heteroatoms. The van der Waals surface area contributed by atoms with Gasteiger partial charge in [0.05, 0.1) is 11.5 Å². The quantitative estimate of drug-likeness (QED) is 0.663. The van der Waals surface area contributed by atoms with E-state index in [1.54, 1.807) is 12.1 Å². The Bertz CT molecular complexity index is 477. The number of hydrogen-bond donors (Lipinski definition) is 1. The van der Waals surface area contributed by atoms with Crippen LogP contribution in [-0.4, -0.2) is 29.5 Å². The highest BCUT2D eigenvalue weighted by atomic mass is 16.6. The third-order valence-corrected chi connectivity index (χ3v) is 2.66. The molecule has 0 aromatic heterocycles. The van der Waals surface area contributed by atoms with Crippen LogP contribution in [0.15, 0.2) is 24.3 Å². The lowest BCUT2D eigenvalue weighted by atomic mass is 10.1. The first-order valence-corrected chi connectivity index (χ1v) is 6.53. The minimum Gasteiger partial charge on any atom is -0.362 e. The Hall–Kier alpha value is -2.11. The Kier molecular flexibility index (Phi) is 5.07. The van der Waals surface area contributed by atoms with Crippen molar-refractivity contribution in [1.29, 1.82) is 0 Å². The maximum atomic E-state index is 11.9. The van der Waals surface area contributed by atoms with E-state index < -0.39 is 4.92 Å². The fourth-order valence-corrected chi connectivity index (χ4v) is 1.80. The number of nitrogens with one attached hydrogen (secondary N) is 1. The second kappa shape index (κ2) is 6.36. The second-order valence-electron chi connectivity index (χ2n) is 5.59. The molecule has 0 spiro atoms. The Morgan fingerprint density at radius 1 is 1.30 bits per heavy atom. The van der Waals surface area contributed by atoms with Crippen molar-refractivity contribution < 1.29 is 9.72 Å². The van der Waals surface area contributed by atoms with E-state index in [4.69, 9.17) is 0 Å². The van der Waals surface area contributed by atoms with Crippen molar-refractivity contribution in [2.75, 3.05) is 18.0 Å². The fraction of sp³-hybridized carbons (Fsp3) is 0.500. The summed E-state index contributed by atoms with van der Waals surface area (Å²) in [6.07, 6.45) is 0. The van der Waals surface area contributed by atoms with Crippen LogP contribution in [0, 0.1) is 10.1 Å². The molecule has 0 bridgehead atoms. The molecular weight excluding hydrogens is 258 g/mol. The van der Waals surface area contributed by atoms with Crippen LogP contribution in [0.25, 0.3) is 0 Å². The van der Waals surface area contributed by atoms with Crippen LogP contribution in [0.5, 0.6) is 0 Å². The molecule has 110 valence electrons. The van der Waals surface area contributed by atoms with E-state index in [-0.39, 0.29) is 23.7 Å². The van der Waals surface area contributed by atoms with Crippen LogP contribution in [0.4, 0.5) is 11.4 Å². The Labute approximate surface area is 118 Å². The number of carbonyl (C=O) groups excluding carboxylic acids is 1. The molecule has 0 saturated heterocycles. The zero-order valence-corrected chi connectivity index (χ0v) is 12.3. The number of nitro groups is 1. The molecule has 0 fully saturated rings. The lowest BCUT2D eigenvalue weighted by molar-refractivity contribution is -0.384. The third kappa shape index (κ3) is 4.87. The van der Waals surface area contributed by atoms with Crippen LogP contribution in [0.1, 0.15) is 27.7 Å². The highest BCUT2D eigenvalue weighted by Gasteiger charge is 2.16. The van der Waals surface area contributed by atoms with Crippen molar-refractivity contribution in [2.24, 2.45) is 0 Å². The predicted molar refractivity (Wildman–Crippen MR) is 78.9 cm³/mol. The average molecular weight is 279 g/mol. The molecule has 1 aromatic carbocycles. The smallest absolute Gasteiger partial charge is 0.269 e. The zero-order chi connectivity index (χ0) is 15.3. The number of nitrogens with zero attached hydrogens (tertiary/aromatic N) is 2. The van der Waals surface area contributed by atoms with E-state index in [0.717, 1.165) is 5.69 Å². The number of likely N-dealkylation sites (N-methyl/N-ethyl adjacent to an activating group) is 1. The van der Waals surface area contributed by atoms with E-state index in [9.17, 15) is 14.9 Å². The van der Waals surface area contributed by atoms with Gasteiger partial charge >= 0.3 is 0 Å². The topological polar surface area (TPSA) is 75.5 Å². The van der Waals surface area contributed by atoms with Gasteiger partial charge in [-0.2, -0.15) is 0 Å². The summed E-state index contributed by atoms with van der Waals surface area (Å²) in [7, 11) is 0. The van der Waals surface area contributed by atoms with Crippen molar-refractivity contribution in [2.45, 2.75) is 33.2 Å². The minimum atomic E-state index is -0.438. The fourth-order valence-electron chi connectivity index (χ4n) is 1.80. The minimum absolute atomic E-state index is 0.0453. The van der Waals surface area contributed by atoms with Crippen LogP contribution < -0.4 is 10.2 Å². The molecule has 1 aromatic rings. The molecule has 0 atom stereocenters. The molecule has 1 N–H and O–H groups in total. The first-order valence-electron chi connectivity index (χ1n) is 6.53. The number of nitro benzene ring substituents is 1. The highest BCUT2D eigenvalue weighted by Crippen LogP contribution is 2.19. The molecule has 0 aliphatic rings. The molecule has 6 nitrogen and oxygen atoms in total. The van der Waals surface area contributed by atoms with Gasteiger partial charge in [-0.15, -0.1) is 0 Å². The van der Waals surface area contributed by atoms with Gasteiger partial charge < -0.3 is 10.2 Å². The summed E-state index contributed by atoms with van der Waals surface area (Å²) in [5, 5.41) is 13.5.